The minimum absolute atomic E-state index is 0.0694. The summed E-state index contributed by atoms with van der Waals surface area (Å²) >= 11 is 0. The predicted molar refractivity (Wildman–Crippen MR) is 91.9 cm³/mol. The Balaban J connectivity index is 1.55. The quantitative estimate of drug-likeness (QED) is 0.897. The van der Waals surface area contributed by atoms with Gasteiger partial charge in [0, 0.05) is 32.0 Å². The Hall–Kier alpha value is -2.38. The van der Waals surface area contributed by atoms with E-state index in [0.717, 1.165) is 31.8 Å². The number of hydrogen-bond acceptors (Lipinski definition) is 5. The molecule has 1 fully saturated rings. The summed E-state index contributed by atoms with van der Waals surface area (Å²) in [4.78, 5) is 23.0. The molecule has 8 heteroatoms. The molecule has 136 valence electrons. The summed E-state index contributed by atoms with van der Waals surface area (Å²) < 4.78 is 7.36. The van der Waals surface area contributed by atoms with Crippen molar-refractivity contribution in [3.8, 4) is 0 Å². The Kier molecular flexibility index (Phi) is 5.35. The van der Waals surface area contributed by atoms with E-state index in [0.29, 0.717) is 30.7 Å². The second-order valence-corrected chi connectivity index (χ2v) is 7.01. The van der Waals surface area contributed by atoms with Crippen LogP contribution in [0.1, 0.15) is 50.1 Å². The molecule has 8 nitrogen and oxygen atoms in total. The number of aromatic nitrogens is 4. The second-order valence-electron chi connectivity index (χ2n) is 7.01. The van der Waals surface area contributed by atoms with Gasteiger partial charge in [-0.1, -0.05) is 19.0 Å². The van der Waals surface area contributed by atoms with Crippen LogP contribution >= 0.6 is 0 Å². The molecule has 0 aromatic carbocycles. The standard InChI is InChI=1S/C17H26N6O2/c1-12(2)10-22-8-6-18-15(22)9-19-17(24)23-7-4-5-14(11-23)16-20-13(3)21-25-16/h6,8,12,14H,4-5,7,9-11H2,1-3H3,(H,19,24)/t14-/m1/s1. The fourth-order valence-corrected chi connectivity index (χ4v) is 3.18. The fourth-order valence-electron chi connectivity index (χ4n) is 3.18. The molecule has 0 saturated carbocycles. The van der Waals surface area contributed by atoms with E-state index in [4.69, 9.17) is 4.52 Å². The molecular weight excluding hydrogens is 320 g/mol. The number of carbonyl (C=O) groups is 1. The molecule has 0 spiro atoms. The summed E-state index contributed by atoms with van der Waals surface area (Å²) in [5, 5.41) is 6.83. The van der Waals surface area contributed by atoms with E-state index in [1.807, 2.05) is 11.1 Å². The molecule has 2 aromatic heterocycles. The van der Waals surface area contributed by atoms with E-state index in [2.05, 4.69) is 38.9 Å². The van der Waals surface area contributed by atoms with Crippen molar-refractivity contribution in [1.82, 2.24) is 29.9 Å². The third kappa shape index (κ3) is 4.37. The van der Waals surface area contributed by atoms with E-state index in [9.17, 15) is 4.79 Å². The van der Waals surface area contributed by atoms with Crippen LogP contribution in [-0.2, 0) is 13.1 Å². The summed E-state index contributed by atoms with van der Waals surface area (Å²) in [5.41, 5.74) is 0. The summed E-state index contributed by atoms with van der Waals surface area (Å²) in [5.74, 6) is 2.78. The highest BCUT2D eigenvalue weighted by molar-refractivity contribution is 5.74. The summed E-state index contributed by atoms with van der Waals surface area (Å²) in [6.07, 6.45) is 5.63. The lowest BCUT2D eigenvalue weighted by atomic mass is 9.98. The zero-order valence-corrected chi connectivity index (χ0v) is 15.1. The first-order valence-electron chi connectivity index (χ1n) is 8.86. The zero-order valence-electron chi connectivity index (χ0n) is 15.1. The van der Waals surface area contributed by atoms with Crippen LogP contribution in [0.4, 0.5) is 4.79 Å². The summed E-state index contributed by atoms with van der Waals surface area (Å²) in [6, 6.07) is -0.0694. The number of carbonyl (C=O) groups excluding carboxylic acids is 1. The van der Waals surface area contributed by atoms with Gasteiger partial charge in [-0.05, 0) is 25.7 Å². The van der Waals surface area contributed by atoms with Gasteiger partial charge in [0.05, 0.1) is 12.5 Å². The van der Waals surface area contributed by atoms with Gasteiger partial charge in [0.2, 0.25) is 5.89 Å². The molecule has 3 heterocycles. The molecule has 0 aliphatic carbocycles. The lowest BCUT2D eigenvalue weighted by Crippen LogP contribution is -2.45. The number of hydrogen-bond donors (Lipinski definition) is 1. The Morgan fingerprint density at radius 3 is 3.04 bits per heavy atom. The highest BCUT2D eigenvalue weighted by atomic mass is 16.5. The van der Waals surface area contributed by atoms with Gasteiger partial charge in [0.25, 0.3) is 0 Å². The zero-order chi connectivity index (χ0) is 17.8. The average Bonchev–Trinajstić information content (AvgIpc) is 3.21. The number of nitrogens with zero attached hydrogens (tertiary/aromatic N) is 5. The number of aryl methyl sites for hydroxylation is 1. The molecule has 2 aromatic rings. The van der Waals surface area contributed by atoms with E-state index in [-0.39, 0.29) is 11.9 Å². The topological polar surface area (TPSA) is 89.1 Å². The largest absolute Gasteiger partial charge is 0.339 e. The van der Waals surface area contributed by atoms with Gasteiger partial charge in [-0.25, -0.2) is 9.78 Å². The molecule has 2 amide bonds. The Bertz CT molecular complexity index is 708. The molecule has 1 N–H and O–H groups in total. The smallest absolute Gasteiger partial charge is 0.317 e. The van der Waals surface area contributed by atoms with Gasteiger partial charge in [0.1, 0.15) is 5.82 Å². The van der Waals surface area contributed by atoms with Gasteiger partial charge < -0.3 is 19.3 Å². The number of rotatable bonds is 5. The van der Waals surface area contributed by atoms with Gasteiger partial charge >= 0.3 is 6.03 Å². The molecule has 25 heavy (non-hydrogen) atoms. The molecule has 1 atom stereocenters. The summed E-state index contributed by atoms with van der Waals surface area (Å²) in [7, 11) is 0. The molecule has 1 aliphatic rings. The van der Waals surface area contributed by atoms with Crippen molar-refractivity contribution < 1.29 is 9.32 Å². The molecule has 3 rings (SSSR count). The normalized spacial score (nSPS) is 17.9. The predicted octanol–water partition coefficient (Wildman–Crippen LogP) is 2.32. The number of imidazole rings is 1. The first-order chi connectivity index (χ1) is 12.0. The maximum atomic E-state index is 12.5. The van der Waals surface area contributed by atoms with Crippen LogP contribution in [0.2, 0.25) is 0 Å². The molecule has 0 bridgehead atoms. The first kappa shape index (κ1) is 17.4. The molecule has 0 radical (unpaired) electrons. The van der Waals surface area contributed by atoms with Gasteiger partial charge in [0.15, 0.2) is 5.82 Å². The lowest BCUT2D eigenvalue weighted by molar-refractivity contribution is 0.171. The van der Waals surface area contributed by atoms with Crippen LogP contribution in [0, 0.1) is 12.8 Å². The number of amides is 2. The number of piperidine rings is 1. The molecule has 0 unspecified atom stereocenters. The molecular formula is C17H26N6O2. The van der Waals surface area contributed by atoms with Crippen molar-refractivity contribution in [3.05, 3.63) is 29.9 Å². The number of likely N-dealkylation sites (tertiary alicyclic amines) is 1. The van der Waals surface area contributed by atoms with E-state index < -0.39 is 0 Å². The van der Waals surface area contributed by atoms with Crippen LogP contribution in [0.15, 0.2) is 16.9 Å². The monoisotopic (exact) mass is 346 g/mol. The van der Waals surface area contributed by atoms with Crippen molar-refractivity contribution in [1.29, 1.82) is 0 Å². The van der Waals surface area contributed by atoms with Crippen molar-refractivity contribution in [2.24, 2.45) is 5.92 Å². The highest BCUT2D eigenvalue weighted by Crippen LogP contribution is 2.25. The van der Waals surface area contributed by atoms with Gasteiger partial charge in [-0.15, -0.1) is 0 Å². The SMILES string of the molecule is Cc1noc([C@@H]2CCCN(C(=O)NCc3nccn3CC(C)C)C2)n1. The third-order valence-electron chi connectivity index (χ3n) is 4.36. The maximum absolute atomic E-state index is 12.5. The Morgan fingerprint density at radius 2 is 2.32 bits per heavy atom. The van der Waals surface area contributed by atoms with Crippen LogP contribution < -0.4 is 5.32 Å². The van der Waals surface area contributed by atoms with Gasteiger partial charge in [-0.2, -0.15) is 4.98 Å². The second kappa shape index (κ2) is 7.67. The molecule has 1 saturated heterocycles. The van der Waals surface area contributed by atoms with Crippen LogP contribution in [0.25, 0.3) is 0 Å². The lowest BCUT2D eigenvalue weighted by Gasteiger charge is -2.31. The van der Waals surface area contributed by atoms with Crippen molar-refractivity contribution in [2.45, 2.75) is 52.6 Å². The van der Waals surface area contributed by atoms with Crippen LogP contribution in [0.3, 0.4) is 0 Å². The number of nitrogens with one attached hydrogen (secondary N) is 1. The first-order valence-corrected chi connectivity index (χ1v) is 8.86. The van der Waals surface area contributed by atoms with Gasteiger partial charge in [-0.3, -0.25) is 0 Å². The minimum Gasteiger partial charge on any atom is -0.339 e. The number of urea groups is 1. The minimum atomic E-state index is -0.0694. The van der Waals surface area contributed by atoms with Crippen molar-refractivity contribution >= 4 is 6.03 Å². The summed E-state index contributed by atoms with van der Waals surface area (Å²) in [6.45, 7) is 8.81. The average molecular weight is 346 g/mol. The van der Waals surface area contributed by atoms with Crippen molar-refractivity contribution in [3.63, 3.8) is 0 Å². The van der Waals surface area contributed by atoms with E-state index in [1.54, 1.807) is 13.1 Å². The van der Waals surface area contributed by atoms with E-state index in [1.165, 1.54) is 0 Å². The highest BCUT2D eigenvalue weighted by Gasteiger charge is 2.28. The van der Waals surface area contributed by atoms with Crippen LogP contribution in [0.5, 0.6) is 0 Å². The van der Waals surface area contributed by atoms with Crippen LogP contribution in [-0.4, -0.2) is 43.7 Å². The van der Waals surface area contributed by atoms with E-state index >= 15 is 0 Å². The molecule has 1 aliphatic heterocycles. The maximum Gasteiger partial charge on any atom is 0.317 e. The third-order valence-corrected chi connectivity index (χ3v) is 4.36. The fraction of sp³-hybridized carbons (Fsp3) is 0.647. The Labute approximate surface area is 147 Å². The van der Waals surface area contributed by atoms with Crippen molar-refractivity contribution in [2.75, 3.05) is 13.1 Å². The Morgan fingerprint density at radius 1 is 1.48 bits per heavy atom.